The number of anilines is 1. The molecule has 1 fully saturated rings. The number of nitrogens with one attached hydrogen (secondary N) is 1. The van der Waals surface area contributed by atoms with Crippen LogP contribution in [0.4, 0.5) is 5.82 Å². The van der Waals surface area contributed by atoms with Crippen molar-refractivity contribution >= 4 is 29.2 Å². The number of aliphatic hydroxyl groups excluding tert-OH is 1. The maximum absolute atomic E-state index is 12.9. The largest absolute Gasteiger partial charge is 0.488 e. The first-order valence-corrected chi connectivity index (χ1v) is 11.5. The molecule has 2 atom stereocenters. The SMILES string of the molecule is C[C@@H](O)[C@@H](C)Oc1cc(Oc2ncc(C(=O)N3CCC3)cc2Cl)cc(C(=O)Nc2ccn(C)n2)c1. The summed E-state index contributed by atoms with van der Waals surface area (Å²) in [5.74, 6) is 0.441. The molecule has 0 aliphatic carbocycles. The summed E-state index contributed by atoms with van der Waals surface area (Å²) < 4.78 is 13.2. The van der Waals surface area contributed by atoms with Crippen LogP contribution in [-0.4, -0.2) is 61.9 Å². The molecule has 2 N–H and O–H groups in total. The van der Waals surface area contributed by atoms with Gasteiger partial charge in [-0.2, -0.15) is 5.10 Å². The summed E-state index contributed by atoms with van der Waals surface area (Å²) >= 11 is 6.35. The number of benzene rings is 1. The topological polar surface area (TPSA) is 119 Å². The number of aryl methyl sites for hydroxylation is 1. The molecule has 4 rings (SSSR count). The molecule has 0 saturated carbocycles. The van der Waals surface area contributed by atoms with Crippen LogP contribution >= 0.6 is 11.6 Å². The molecule has 2 aromatic heterocycles. The van der Waals surface area contributed by atoms with E-state index in [1.165, 1.54) is 24.4 Å². The summed E-state index contributed by atoms with van der Waals surface area (Å²) in [6.07, 6.45) is 2.82. The lowest BCUT2D eigenvalue weighted by molar-refractivity contribution is 0.0602. The van der Waals surface area contributed by atoms with Crippen LogP contribution in [0.15, 0.2) is 42.7 Å². The minimum absolute atomic E-state index is 0.0728. The van der Waals surface area contributed by atoms with Crippen molar-refractivity contribution in [3.8, 4) is 17.4 Å². The van der Waals surface area contributed by atoms with Crippen LogP contribution in [0, 0.1) is 0 Å². The van der Waals surface area contributed by atoms with Gasteiger partial charge in [0, 0.05) is 50.2 Å². The van der Waals surface area contributed by atoms with Crippen molar-refractivity contribution in [1.82, 2.24) is 19.7 Å². The predicted molar refractivity (Wildman–Crippen MR) is 129 cm³/mol. The first kappa shape index (κ1) is 24.5. The number of carbonyl (C=O) groups excluding carboxylic acids is 2. The van der Waals surface area contributed by atoms with Crippen molar-refractivity contribution < 1.29 is 24.2 Å². The number of pyridine rings is 1. The molecule has 35 heavy (non-hydrogen) atoms. The summed E-state index contributed by atoms with van der Waals surface area (Å²) in [4.78, 5) is 31.2. The van der Waals surface area contributed by atoms with Crippen molar-refractivity contribution in [1.29, 1.82) is 0 Å². The lowest BCUT2D eigenvalue weighted by Gasteiger charge is -2.30. The highest BCUT2D eigenvalue weighted by atomic mass is 35.5. The quantitative estimate of drug-likeness (QED) is 0.486. The van der Waals surface area contributed by atoms with Crippen LogP contribution in [0.2, 0.25) is 5.02 Å². The molecular formula is C24H26ClN5O5. The summed E-state index contributed by atoms with van der Waals surface area (Å²) in [6.45, 7) is 4.75. The standard InChI is InChI=1S/C24H26ClN5O5/c1-14(31)15(2)34-18-9-16(22(32)27-21-5-8-29(3)28-21)10-19(12-18)35-23-20(25)11-17(13-26-23)24(33)30-6-4-7-30/h5,8-15,31H,4,6-7H2,1-3H3,(H,27,28,32)/t14-,15-/m1/s1. The van der Waals surface area contributed by atoms with Crippen molar-refractivity contribution in [2.45, 2.75) is 32.5 Å². The Morgan fingerprint density at radius 3 is 2.49 bits per heavy atom. The maximum atomic E-state index is 12.9. The minimum Gasteiger partial charge on any atom is -0.488 e. The number of aromatic nitrogens is 3. The number of likely N-dealkylation sites (tertiary alicyclic amines) is 1. The van der Waals surface area contributed by atoms with E-state index in [1.54, 1.807) is 48.8 Å². The molecule has 1 aliphatic heterocycles. The van der Waals surface area contributed by atoms with Gasteiger partial charge < -0.3 is 24.8 Å². The predicted octanol–water partition coefficient (Wildman–Crippen LogP) is 3.51. The highest BCUT2D eigenvalue weighted by Gasteiger charge is 2.23. The fraction of sp³-hybridized carbons (Fsp3) is 0.333. The molecule has 3 heterocycles. The van der Waals surface area contributed by atoms with E-state index in [9.17, 15) is 14.7 Å². The average Bonchev–Trinajstić information content (AvgIpc) is 3.18. The lowest BCUT2D eigenvalue weighted by atomic mass is 10.1. The Morgan fingerprint density at radius 2 is 1.89 bits per heavy atom. The van der Waals surface area contributed by atoms with Gasteiger partial charge in [-0.25, -0.2) is 4.98 Å². The molecule has 11 heteroatoms. The van der Waals surface area contributed by atoms with Crippen molar-refractivity contribution in [2.24, 2.45) is 7.05 Å². The molecule has 0 radical (unpaired) electrons. The number of rotatable bonds is 8. The fourth-order valence-corrected chi connectivity index (χ4v) is 3.45. The first-order valence-electron chi connectivity index (χ1n) is 11.1. The maximum Gasteiger partial charge on any atom is 0.257 e. The summed E-state index contributed by atoms with van der Waals surface area (Å²) in [5, 5.41) is 16.8. The number of nitrogens with zero attached hydrogens (tertiary/aromatic N) is 4. The number of halogens is 1. The summed E-state index contributed by atoms with van der Waals surface area (Å²) in [5.41, 5.74) is 0.613. The lowest BCUT2D eigenvalue weighted by Crippen LogP contribution is -2.42. The highest BCUT2D eigenvalue weighted by molar-refractivity contribution is 6.32. The Bertz CT molecular complexity index is 1240. The Balaban J connectivity index is 1.59. The molecule has 0 spiro atoms. The zero-order valence-electron chi connectivity index (χ0n) is 19.6. The molecule has 1 aromatic carbocycles. The van der Waals surface area contributed by atoms with Crippen molar-refractivity contribution in [3.05, 3.63) is 58.9 Å². The number of hydrogen-bond donors (Lipinski definition) is 2. The fourth-order valence-electron chi connectivity index (χ4n) is 3.24. The van der Waals surface area contributed by atoms with Gasteiger partial charge in [0.1, 0.15) is 22.6 Å². The molecule has 2 amide bonds. The van der Waals surface area contributed by atoms with E-state index < -0.39 is 18.1 Å². The summed E-state index contributed by atoms with van der Waals surface area (Å²) in [7, 11) is 1.74. The number of hydrogen-bond acceptors (Lipinski definition) is 7. The normalized spacial score (nSPS) is 14.6. The number of ether oxygens (including phenoxy) is 2. The van der Waals surface area contributed by atoms with Gasteiger partial charge >= 0.3 is 0 Å². The van der Waals surface area contributed by atoms with Gasteiger partial charge in [0.25, 0.3) is 11.8 Å². The molecule has 0 bridgehead atoms. The molecule has 0 unspecified atom stereocenters. The average molecular weight is 500 g/mol. The number of carbonyl (C=O) groups is 2. The van der Waals surface area contributed by atoms with Crippen LogP contribution in [0.5, 0.6) is 17.4 Å². The van der Waals surface area contributed by atoms with Gasteiger partial charge in [0.05, 0.1) is 11.7 Å². The van der Waals surface area contributed by atoms with E-state index in [0.717, 1.165) is 19.5 Å². The monoisotopic (exact) mass is 499 g/mol. The van der Waals surface area contributed by atoms with E-state index in [4.69, 9.17) is 21.1 Å². The van der Waals surface area contributed by atoms with Crippen molar-refractivity contribution in [3.63, 3.8) is 0 Å². The van der Waals surface area contributed by atoms with Crippen LogP contribution < -0.4 is 14.8 Å². The highest BCUT2D eigenvalue weighted by Crippen LogP contribution is 2.32. The smallest absolute Gasteiger partial charge is 0.257 e. The number of amides is 2. The Labute approximate surface area is 207 Å². The third kappa shape index (κ3) is 5.90. The second-order valence-corrected chi connectivity index (χ2v) is 8.75. The second-order valence-electron chi connectivity index (χ2n) is 8.34. The van der Waals surface area contributed by atoms with E-state index >= 15 is 0 Å². The zero-order chi connectivity index (χ0) is 25.1. The Morgan fingerprint density at radius 1 is 1.14 bits per heavy atom. The molecule has 1 saturated heterocycles. The van der Waals surface area contributed by atoms with Crippen molar-refractivity contribution in [2.75, 3.05) is 18.4 Å². The van der Waals surface area contributed by atoms with Crippen LogP contribution in [0.3, 0.4) is 0 Å². The third-order valence-corrected chi connectivity index (χ3v) is 5.78. The molecule has 184 valence electrons. The Kier molecular flexibility index (Phi) is 7.23. The van der Waals surface area contributed by atoms with Gasteiger partial charge in [-0.3, -0.25) is 14.3 Å². The van der Waals surface area contributed by atoms with Gasteiger partial charge in [0.2, 0.25) is 5.88 Å². The van der Waals surface area contributed by atoms with Crippen LogP contribution in [0.25, 0.3) is 0 Å². The number of aliphatic hydroxyl groups is 1. The van der Waals surface area contributed by atoms with E-state index in [-0.39, 0.29) is 28.1 Å². The molecule has 10 nitrogen and oxygen atoms in total. The first-order chi connectivity index (χ1) is 16.7. The Hall–Kier alpha value is -3.63. The van der Waals surface area contributed by atoms with E-state index in [0.29, 0.717) is 17.1 Å². The minimum atomic E-state index is -0.738. The summed E-state index contributed by atoms with van der Waals surface area (Å²) in [6, 6.07) is 7.78. The van der Waals surface area contributed by atoms with Gasteiger partial charge in [-0.05, 0) is 38.5 Å². The van der Waals surface area contributed by atoms with Crippen LogP contribution in [0.1, 0.15) is 41.0 Å². The van der Waals surface area contributed by atoms with Crippen LogP contribution in [-0.2, 0) is 7.05 Å². The third-order valence-electron chi connectivity index (χ3n) is 5.51. The van der Waals surface area contributed by atoms with Gasteiger partial charge in [-0.1, -0.05) is 11.6 Å². The van der Waals surface area contributed by atoms with Gasteiger partial charge in [0.15, 0.2) is 5.82 Å². The molecule has 3 aromatic rings. The zero-order valence-corrected chi connectivity index (χ0v) is 20.3. The van der Waals surface area contributed by atoms with Gasteiger partial charge in [-0.15, -0.1) is 0 Å². The second kappa shape index (κ2) is 10.3. The van der Waals surface area contributed by atoms with E-state index in [2.05, 4.69) is 15.4 Å². The molecule has 1 aliphatic rings. The molecular weight excluding hydrogens is 474 g/mol. The van der Waals surface area contributed by atoms with E-state index in [1.807, 2.05) is 0 Å².